The predicted octanol–water partition coefficient (Wildman–Crippen LogP) is 2.35. The van der Waals surface area contributed by atoms with Crippen LogP contribution in [0.25, 0.3) is 0 Å². The number of rotatable bonds is 8. The summed E-state index contributed by atoms with van der Waals surface area (Å²) in [5.41, 5.74) is 1.47. The monoisotopic (exact) mass is 387 g/mol. The highest BCUT2D eigenvalue weighted by atomic mass is 16.6. The lowest BCUT2D eigenvalue weighted by Gasteiger charge is -2.11. The van der Waals surface area contributed by atoms with Crippen LogP contribution in [-0.4, -0.2) is 45.3 Å². The maximum Gasteiger partial charge on any atom is 0.344 e. The first-order valence-corrected chi connectivity index (χ1v) is 8.34. The van der Waals surface area contributed by atoms with Crippen LogP contribution in [-0.2, 0) is 19.1 Å². The highest BCUT2D eigenvalue weighted by Crippen LogP contribution is 2.18. The molecule has 0 aliphatic heterocycles. The van der Waals surface area contributed by atoms with Crippen LogP contribution in [0, 0.1) is 6.92 Å². The fourth-order valence-electron chi connectivity index (χ4n) is 2.19. The average Bonchev–Trinajstić information content (AvgIpc) is 2.72. The van der Waals surface area contributed by atoms with E-state index in [2.05, 4.69) is 10.1 Å². The summed E-state index contributed by atoms with van der Waals surface area (Å²) in [6, 6.07) is 11.4. The van der Waals surface area contributed by atoms with Crippen LogP contribution >= 0.6 is 0 Å². The topological polar surface area (TPSA) is 100 Å². The molecule has 0 atom stereocenters. The molecule has 1 N–H and O–H groups in total. The molecule has 0 fully saturated rings. The molecule has 2 aromatic carbocycles. The van der Waals surface area contributed by atoms with Gasteiger partial charge in [-0.2, -0.15) is 0 Å². The molecule has 8 heteroatoms. The van der Waals surface area contributed by atoms with Gasteiger partial charge in [-0.1, -0.05) is 6.07 Å². The Morgan fingerprint density at radius 1 is 0.929 bits per heavy atom. The molecule has 0 aliphatic carbocycles. The molecule has 0 radical (unpaired) electrons. The van der Waals surface area contributed by atoms with E-state index in [1.54, 1.807) is 50.4 Å². The molecule has 0 saturated heterocycles. The third-order valence-electron chi connectivity index (χ3n) is 3.71. The Hall–Kier alpha value is -3.55. The first kappa shape index (κ1) is 20.8. The van der Waals surface area contributed by atoms with Gasteiger partial charge in [-0.15, -0.1) is 0 Å². The van der Waals surface area contributed by atoms with Gasteiger partial charge in [-0.05, 0) is 48.9 Å². The van der Waals surface area contributed by atoms with E-state index in [1.807, 2.05) is 0 Å². The molecule has 148 valence electrons. The smallest absolute Gasteiger partial charge is 0.344 e. The zero-order valence-corrected chi connectivity index (χ0v) is 15.8. The van der Waals surface area contributed by atoms with Crippen molar-refractivity contribution in [2.45, 2.75) is 6.92 Å². The summed E-state index contributed by atoms with van der Waals surface area (Å²) in [5.74, 6) is -0.609. The van der Waals surface area contributed by atoms with Gasteiger partial charge in [0.1, 0.15) is 11.5 Å². The number of hydrogen-bond donors (Lipinski definition) is 1. The number of hydrogen-bond acceptors (Lipinski definition) is 7. The zero-order chi connectivity index (χ0) is 20.5. The molecule has 0 bridgehead atoms. The van der Waals surface area contributed by atoms with E-state index in [1.165, 1.54) is 13.2 Å². The summed E-state index contributed by atoms with van der Waals surface area (Å²) in [7, 11) is 2.82. The van der Waals surface area contributed by atoms with Crippen LogP contribution in [0.3, 0.4) is 0 Å². The van der Waals surface area contributed by atoms with Crippen LogP contribution in [0.2, 0.25) is 0 Å². The lowest BCUT2D eigenvalue weighted by molar-refractivity contribution is -0.149. The summed E-state index contributed by atoms with van der Waals surface area (Å²) in [6.07, 6.45) is 0. The van der Waals surface area contributed by atoms with E-state index in [0.717, 1.165) is 5.56 Å². The third kappa shape index (κ3) is 6.01. The van der Waals surface area contributed by atoms with Crippen molar-refractivity contribution in [3.8, 4) is 11.5 Å². The van der Waals surface area contributed by atoms with Gasteiger partial charge in [0, 0.05) is 5.69 Å². The Bertz CT molecular complexity index is 846. The van der Waals surface area contributed by atoms with Crippen LogP contribution < -0.4 is 14.8 Å². The number of esters is 2. The minimum absolute atomic E-state index is 0.299. The van der Waals surface area contributed by atoms with Crippen LogP contribution in [0.4, 0.5) is 5.69 Å². The molecule has 0 aromatic heterocycles. The Morgan fingerprint density at radius 2 is 1.61 bits per heavy atom. The lowest BCUT2D eigenvalue weighted by Crippen LogP contribution is -2.24. The number of benzene rings is 2. The number of amides is 1. The Labute approximate surface area is 162 Å². The minimum atomic E-state index is -0.689. The van der Waals surface area contributed by atoms with Crippen molar-refractivity contribution < 1.29 is 33.3 Å². The predicted molar refractivity (Wildman–Crippen MR) is 101 cm³/mol. The minimum Gasteiger partial charge on any atom is -0.497 e. The fourth-order valence-corrected chi connectivity index (χ4v) is 2.19. The van der Waals surface area contributed by atoms with Gasteiger partial charge in [0.05, 0.1) is 19.8 Å². The summed E-state index contributed by atoms with van der Waals surface area (Å²) in [6.45, 7) is 0.953. The number of methoxy groups -OCH3 is 2. The van der Waals surface area contributed by atoms with E-state index in [0.29, 0.717) is 22.7 Å². The second-order valence-electron chi connectivity index (χ2n) is 5.69. The second-order valence-corrected chi connectivity index (χ2v) is 5.69. The zero-order valence-electron chi connectivity index (χ0n) is 15.8. The fraction of sp³-hybridized carbons (Fsp3) is 0.250. The molecule has 2 rings (SSSR count). The molecular weight excluding hydrogens is 366 g/mol. The van der Waals surface area contributed by atoms with Gasteiger partial charge in [-0.25, -0.2) is 9.59 Å². The lowest BCUT2D eigenvalue weighted by atomic mass is 10.1. The number of ether oxygens (including phenoxy) is 4. The number of carbonyl (C=O) groups is 3. The molecule has 2 aromatic rings. The third-order valence-corrected chi connectivity index (χ3v) is 3.71. The normalized spacial score (nSPS) is 9.96. The first-order chi connectivity index (χ1) is 13.4. The largest absolute Gasteiger partial charge is 0.497 e. The number of carbonyl (C=O) groups excluding carboxylic acids is 3. The standard InChI is InChI=1S/C20H21NO7/c1-13-4-5-14(20(24)26-3)10-17(13)21-18(22)11-28-19(23)12-27-16-8-6-15(25-2)7-9-16/h4-10H,11-12H2,1-3H3,(H,21,22). The molecule has 0 saturated carbocycles. The Kier molecular flexibility index (Phi) is 7.38. The van der Waals surface area contributed by atoms with Gasteiger partial charge in [-0.3, -0.25) is 4.79 Å². The Balaban J connectivity index is 1.81. The highest BCUT2D eigenvalue weighted by molar-refractivity contribution is 5.96. The van der Waals surface area contributed by atoms with Crippen molar-refractivity contribution in [2.24, 2.45) is 0 Å². The maximum atomic E-state index is 12.0. The number of aryl methyl sites for hydroxylation is 1. The van der Waals surface area contributed by atoms with Crippen LogP contribution in [0.15, 0.2) is 42.5 Å². The van der Waals surface area contributed by atoms with Crippen LogP contribution in [0.5, 0.6) is 11.5 Å². The van der Waals surface area contributed by atoms with E-state index in [9.17, 15) is 14.4 Å². The summed E-state index contributed by atoms with van der Waals surface area (Å²) in [5, 5.41) is 2.59. The SMILES string of the molecule is COC(=O)c1ccc(C)c(NC(=O)COC(=O)COc2ccc(OC)cc2)c1. The van der Waals surface area contributed by atoms with Crippen molar-refractivity contribution in [3.63, 3.8) is 0 Å². The van der Waals surface area contributed by atoms with E-state index in [4.69, 9.17) is 14.2 Å². The van der Waals surface area contributed by atoms with Gasteiger partial charge in [0.25, 0.3) is 5.91 Å². The van der Waals surface area contributed by atoms with Gasteiger partial charge in [0.2, 0.25) is 0 Å². The summed E-state index contributed by atoms with van der Waals surface area (Å²) in [4.78, 5) is 35.3. The number of anilines is 1. The second kappa shape index (κ2) is 9.96. The van der Waals surface area contributed by atoms with Crippen molar-refractivity contribution in [2.75, 3.05) is 32.8 Å². The molecule has 28 heavy (non-hydrogen) atoms. The molecule has 0 unspecified atom stereocenters. The van der Waals surface area contributed by atoms with Crippen LogP contribution in [0.1, 0.15) is 15.9 Å². The Morgan fingerprint density at radius 3 is 2.25 bits per heavy atom. The van der Waals surface area contributed by atoms with E-state index in [-0.39, 0.29) is 6.61 Å². The molecule has 0 spiro atoms. The maximum absolute atomic E-state index is 12.0. The quantitative estimate of drug-likeness (QED) is 0.694. The van der Waals surface area contributed by atoms with Gasteiger partial charge >= 0.3 is 11.9 Å². The molecule has 0 heterocycles. The first-order valence-electron chi connectivity index (χ1n) is 8.34. The van der Waals surface area contributed by atoms with Crippen molar-refractivity contribution in [3.05, 3.63) is 53.6 Å². The molecule has 0 aliphatic rings. The van der Waals surface area contributed by atoms with Crippen molar-refractivity contribution >= 4 is 23.5 Å². The van der Waals surface area contributed by atoms with Crippen molar-refractivity contribution in [1.82, 2.24) is 0 Å². The molecule has 1 amide bonds. The number of nitrogens with one attached hydrogen (secondary N) is 1. The summed E-state index contributed by atoms with van der Waals surface area (Å²) < 4.78 is 19.8. The van der Waals surface area contributed by atoms with E-state index >= 15 is 0 Å². The molecule has 8 nitrogen and oxygen atoms in total. The van der Waals surface area contributed by atoms with Gasteiger partial charge < -0.3 is 24.3 Å². The summed E-state index contributed by atoms with van der Waals surface area (Å²) >= 11 is 0. The highest BCUT2D eigenvalue weighted by Gasteiger charge is 2.12. The van der Waals surface area contributed by atoms with Gasteiger partial charge in [0.15, 0.2) is 13.2 Å². The average molecular weight is 387 g/mol. The molecular formula is C20H21NO7. The van der Waals surface area contributed by atoms with Crippen molar-refractivity contribution in [1.29, 1.82) is 0 Å². The van der Waals surface area contributed by atoms with E-state index < -0.39 is 24.5 Å².